The number of Topliss-reactive ketones (excluding diaryl/α,β-unsaturated/α-hetero) is 1. The molecule has 11 nitrogen and oxygen atoms in total. The summed E-state index contributed by atoms with van der Waals surface area (Å²) in [6.45, 7) is 7.93. The van der Waals surface area contributed by atoms with Gasteiger partial charge >= 0.3 is 6.03 Å². The number of piperazine rings is 1. The lowest BCUT2D eigenvalue weighted by atomic mass is 9.98. The summed E-state index contributed by atoms with van der Waals surface area (Å²) in [6.07, 6.45) is 1.74. The molecule has 2 amide bonds. The van der Waals surface area contributed by atoms with Crippen molar-refractivity contribution in [3.63, 3.8) is 0 Å². The van der Waals surface area contributed by atoms with Crippen molar-refractivity contribution in [1.29, 1.82) is 0 Å². The number of hydrogen-bond acceptors (Lipinski definition) is 7. The van der Waals surface area contributed by atoms with Gasteiger partial charge in [-0.3, -0.25) is 9.89 Å². The molecule has 2 saturated heterocycles. The second-order valence-electron chi connectivity index (χ2n) is 12.4. The summed E-state index contributed by atoms with van der Waals surface area (Å²) < 4.78 is 56.1. The Morgan fingerprint density at radius 2 is 1.64 bits per heavy atom. The minimum atomic E-state index is -4.32. The largest absolute Gasteiger partial charge is 0.369 e. The number of likely N-dealkylation sites (N-methyl/N-ethyl adjacent to an activating group) is 1. The van der Waals surface area contributed by atoms with Gasteiger partial charge in [-0.25, -0.2) is 22.0 Å². The van der Waals surface area contributed by atoms with Gasteiger partial charge in [0.1, 0.15) is 11.6 Å². The van der Waals surface area contributed by atoms with Gasteiger partial charge in [-0.1, -0.05) is 0 Å². The van der Waals surface area contributed by atoms with Crippen LogP contribution in [0.5, 0.6) is 0 Å². The number of fused-ring (bicyclic) bond motifs is 1. The zero-order valence-electron chi connectivity index (χ0n) is 25.6. The van der Waals surface area contributed by atoms with Gasteiger partial charge in [0.25, 0.3) is 0 Å². The minimum Gasteiger partial charge on any atom is -0.369 e. The smallest absolute Gasteiger partial charge is 0.321 e. The van der Waals surface area contributed by atoms with E-state index in [4.69, 9.17) is 0 Å². The summed E-state index contributed by atoms with van der Waals surface area (Å²) in [5.74, 6) is -2.28. The van der Waals surface area contributed by atoms with Crippen molar-refractivity contribution in [2.45, 2.75) is 50.1 Å². The number of urea groups is 1. The molecule has 2 N–H and O–H groups in total. The topological polar surface area (TPSA) is 122 Å². The van der Waals surface area contributed by atoms with Crippen LogP contribution in [0.25, 0.3) is 0 Å². The molecule has 4 heterocycles. The SMILES string of the molecule is CN1CCN(c2ccc(C(=O)Cc3[nH]nc4c3CN(S(=O)(=O)c3cc(F)cc(F)c3)C4(C)C)c(NC(=O)N3CCCC3)c2)CC1. The lowest BCUT2D eigenvalue weighted by molar-refractivity contribution is 0.0992. The van der Waals surface area contributed by atoms with E-state index < -0.39 is 32.1 Å². The van der Waals surface area contributed by atoms with Gasteiger partial charge in [-0.15, -0.1) is 0 Å². The second kappa shape index (κ2) is 11.8. The first-order valence-electron chi connectivity index (χ1n) is 15.1. The number of rotatable bonds is 7. The average Bonchev–Trinajstić information content (AvgIpc) is 3.72. The van der Waals surface area contributed by atoms with Crippen molar-refractivity contribution in [3.05, 3.63) is 70.5 Å². The highest BCUT2D eigenvalue weighted by Gasteiger charge is 2.48. The van der Waals surface area contributed by atoms with Crippen molar-refractivity contribution >= 4 is 33.2 Å². The molecule has 0 atom stereocenters. The van der Waals surface area contributed by atoms with Crippen LogP contribution < -0.4 is 10.2 Å². The molecular formula is C31H37F2N7O4S. The molecule has 1 aromatic heterocycles. The molecule has 0 saturated carbocycles. The maximum Gasteiger partial charge on any atom is 0.321 e. The summed E-state index contributed by atoms with van der Waals surface area (Å²) in [5.41, 5.74) is 1.90. The van der Waals surface area contributed by atoms with E-state index in [-0.39, 0.29) is 24.8 Å². The predicted molar refractivity (Wildman–Crippen MR) is 165 cm³/mol. The number of carbonyl (C=O) groups is 2. The Bertz CT molecular complexity index is 1730. The maximum atomic E-state index is 13.9. The quantitative estimate of drug-likeness (QED) is 0.375. The number of hydrogen-bond donors (Lipinski definition) is 2. The zero-order valence-corrected chi connectivity index (χ0v) is 26.4. The van der Waals surface area contributed by atoms with E-state index in [0.717, 1.165) is 61.1 Å². The van der Waals surface area contributed by atoms with Crippen LogP contribution in [0.2, 0.25) is 0 Å². The van der Waals surface area contributed by atoms with Gasteiger partial charge < -0.3 is 20.0 Å². The van der Waals surface area contributed by atoms with Crippen molar-refractivity contribution in [2.24, 2.45) is 0 Å². The van der Waals surface area contributed by atoms with Crippen LogP contribution in [0.15, 0.2) is 41.3 Å². The van der Waals surface area contributed by atoms with Crippen LogP contribution in [0.4, 0.5) is 25.0 Å². The Morgan fingerprint density at radius 1 is 0.978 bits per heavy atom. The molecule has 0 unspecified atom stereocenters. The Labute approximate surface area is 261 Å². The fourth-order valence-electron chi connectivity index (χ4n) is 6.38. The van der Waals surface area contributed by atoms with E-state index in [1.807, 2.05) is 12.1 Å². The monoisotopic (exact) mass is 641 g/mol. The van der Waals surface area contributed by atoms with Crippen LogP contribution >= 0.6 is 0 Å². The van der Waals surface area contributed by atoms with Crippen LogP contribution in [-0.4, -0.2) is 90.9 Å². The molecule has 0 aliphatic carbocycles. The van der Waals surface area contributed by atoms with Gasteiger partial charge in [-0.05, 0) is 64.1 Å². The summed E-state index contributed by atoms with van der Waals surface area (Å²) in [7, 11) is -2.25. The third-order valence-corrected chi connectivity index (χ3v) is 11.0. The predicted octanol–water partition coefficient (Wildman–Crippen LogP) is 3.93. The summed E-state index contributed by atoms with van der Waals surface area (Å²) in [6, 6.07) is 7.39. The fraction of sp³-hybridized carbons (Fsp3) is 0.452. The Balaban J connectivity index is 1.27. The van der Waals surface area contributed by atoms with Crippen LogP contribution in [0, 0.1) is 11.6 Å². The number of anilines is 2. The number of benzene rings is 2. The number of H-pyrrole nitrogens is 1. The molecule has 14 heteroatoms. The molecular weight excluding hydrogens is 604 g/mol. The van der Waals surface area contributed by atoms with Gasteiger partial charge in [0.05, 0.1) is 28.2 Å². The third kappa shape index (κ3) is 5.93. The zero-order chi connectivity index (χ0) is 32.1. The number of aromatic amines is 1. The Kier molecular flexibility index (Phi) is 8.16. The van der Waals surface area contributed by atoms with E-state index in [1.165, 1.54) is 0 Å². The van der Waals surface area contributed by atoms with Crippen LogP contribution in [0.1, 0.15) is 54.0 Å². The first-order chi connectivity index (χ1) is 21.3. The van der Waals surface area contributed by atoms with Gasteiger partial charge in [0.2, 0.25) is 10.0 Å². The van der Waals surface area contributed by atoms with E-state index >= 15 is 0 Å². The highest BCUT2D eigenvalue weighted by Crippen LogP contribution is 2.43. The number of ketones is 1. The summed E-state index contributed by atoms with van der Waals surface area (Å²) in [5, 5.41) is 10.3. The van der Waals surface area contributed by atoms with Gasteiger partial charge in [0, 0.05) is 74.4 Å². The van der Waals surface area contributed by atoms with Gasteiger partial charge in [-0.2, -0.15) is 9.40 Å². The molecule has 45 heavy (non-hydrogen) atoms. The number of carbonyl (C=O) groups excluding carboxylic acids is 2. The molecule has 2 aromatic carbocycles. The Hall–Kier alpha value is -3.88. The van der Waals surface area contributed by atoms with Crippen molar-refractivity contribution < 1.29 is 26.8 Å². The molecule has 0 radical (unpaired) electrons. The fourth-order valence-corrected chi connectivity index (χ4v) is 8.15. The molecule has 6 rings (SSSR count). The molecule has 0 bridgehead atoms. The Morgan fingerprint density at radius 3 is 2.31 bits per heavy atom. The number of nitrogens with zero attached hydrogens (tertiary/aromatic N) is 5. The molecule has 3 aliphatic rings. The number of sulfonamides is 1. The lowest BCUT2D eigenvalue weighted by Gasteiger charge is -2.34. The standard InChI is InChI=1S/C31H37F2N7O4S/c1-31(2)29-25(19-40(31)45(43,44)23-15-20(32)14-21(33)16-23)27(35-36-29)18-28(41)24-7-6-22(38-12-10-37(3)11-13-38)17-26(24)34-30(42)39-8-4-5-9-39/h6-7,14-17H,4-5,8-13,18-19H2,1-3H3,(H,34,42)(H,35,36). The van der Waals surface area contributed by atoms with Crippen molar-refractivity contribution in [2.75, 3.05) is 56.5 Å². The molecule has 3 aromatic rings. The van der Waals surface area contributed by atoms with E-state index in [0.29, 0.717) is 47.4 Å². The molecule has 2 fully saturated rings. The van der Waals surface area contributed by atoms with Crippen molar-refractivity contribution in [3.8, 4) is 0 Å². The second-order valence-corrected chi connectivity index (χ2v) is 14.3. The first kappa shape index (κ1) is 31.1. The van der Waals surface area contributed by atoms with E-state index in [1.54, 1.807) is 24.8 Å². The normalized spacial score (nSPS) is 18.8. The maximum absolute atomic E-state index is 13.9. The lowest BCUT2D eigenvalue weighted by Crippen LogP contribution is -2.44. The number of aromatic nitrogens is 2. The summed E-state index contributed by atoms with van der Waals surface area (Å²) >= 11 is 0. The number of likely N-dealkylation sites (tertiary alicyclic amines) is 1. The molecule has 240 valence electrons. The highest BCUT2D eigenvalue weighted by atomic mass is 32.2. The molecule has 0 spiro atoms. The highest BCUT2D eigenvalue weighted by molar-refractivity contribution is 7.89. The number of nitrogens with one attached hydrogen (secondary N) is 2. The minimum absolute atomic E-state index is 0.124. The van der Waals surface area contributed by atoms with Gasteiger partial charge in [0.15, 0.2) is 5.78 Å². The third-order valence-electron chi connectivity index (χ3n) is 9.03. The van der Waals surface area contributed by atoms with Crippen molar-refractivity contribution in [1.82, 2.24) is 24.3 Å². The van der Waals surface area contributed by atoms with E-state index in [2.05, 4.69) is 32.4 Å². The number of amides is 2. The first-order valence-corrected chi connectivity index (χ1v) is 16.5. The molecule has 3 aliphatic heterocycles. The summed E-state index contributed by atoms with van der Waals surface area (Å²) in [4.78, 5) is 32.7. The number of halogens is 2. The van der Waals surface area contributed by atoms with E-state index in [9.17, 15) is 26.8 Å². The van der Waals surface area contributed by atoms with Crippen LogP contribution in [0.3, 0.4) is 0 Å². The van der Waals surface area contributed by atoms with Crippen LogP contribution in [-0.2, 0) is 28.5 Å². The average molecular weight is 642 g/mol.